The van der Waals surface area contributed by atoms with Crippen LogP contribution >= 0.6 is 0 Å². The summed E-state index contributed by atoms with van der Waals surface area (Å²) in [5.41, 5.74) is 2.55. The van der Waals surface area contributed by atoms with Gasteiger partial charge >= 0.3 is 0 Å². The Labute approximate surface area is 204 Å². The maximum absolute atomic E-state index is 12.9. The first-order valence-corrected chi connectivity index (χ1v) is 11.8. The topological polar surface area (TPSA) is 104 Å². The van der Waals surface area contributed by atoms with Crippen LogP contribution in [-0.4, -0.2) is 51.7 Å². The van der Waals surface area contributed by atoms with Crippen molar-refractivity contribution in [1.82, 2.24) is 20.2 Å². The van der Waals surface area contributed by atoms with E-state index in [4.69, 9.17) is 0 Å². The summed E-state index contributed by atoms with van der Waals surface area (Å²) in [6.07, 6.45) is 5.38. The molecule has 1 saturated heterocycles. The van der Waals surface area contributed by atoms with Crippen LogP contribution in [0.1, 0.15) is 51.2 Å². The van der Waals surface area contributed by atoms with Crippen LogP contribution in [0.3, 0.4) is 0 Å². The van der Waals surface area contributed by atoms with Crippen molar-refractivity contribution in [2.45, 2.75) is 38.6 Å². The van der Waals surface area contributed by atoms with E-state index in [9.17, 15) is 14.4 Å². The predicted octanol–water partition coefficient (Wildman–Crippen LogP) is 3.39. The second-order valence-electron chi connectivity index (χ2n) is 8.64. The van der Waals surface area contributed by atoms with Crippen molar-refractivity contribution in [1.29, 1.82) is 0 Å². The third-order valence-electron chi connectivity index (χ3n) is 6.19. The molecule has 0 saturated carbocycles. The Hall–Kier alpha value is -4.07. The second kappa shape index (κ2) is 11.4. The van der Waals surface area contributed by atoms with E-state index in [0.29, 0.717) is 37.9 Å². The Morgan fingerprint density at radius 3 is 2.34 bits per heavy atom. The summed E-state index contributed by atoms with van der Waals surface area (Å²) < 4.78 is 0. The fourth-order valence-corrected chi connectivity index (χ4v) is 4.18. The summed E-state index contributed by atoms with van der Waals surface area (Å²) in [6.45, 7) is 3.03. The number of carbonyl (C=O) groups is 3. The number of rotatable bonds is 7. The molecule has 0 atom stereocenters. The Kier molecular flexibility index (Phi) is 7.82. The van der Waals surface area contributed by atoms with E-state index in [-0.39, 0.29) is 29.4 Å². The fourth-order valence-electron chi connectivity index (χ4n) is 4.18. The minimum Gasteiger partial charge on any atom is -0.348 e. The van der Waals surface area contributed by atoms with Gasteiger partial charge in [-0.15, -0.1) is 0 Å². The third-order valence-corrected chi connectivity index (χ3v) is 6.19. The standard InChI is InChI=1S/C27H29N5O3/c1-19-7-5-6-10-22(19)26(34)31-25-24(28-15-16-29-25)27(35)30-21-13-17-32(18-14-21)23(33)12-11-20-8-3-2-4-9-20/h2-10,15-16,21H,11-14,17-18H2,1H3,(H,30,35)(H,29,31,34). The van der Waals surface area contributed by atoms with Gasteiger partial charge in [-0.3, -0.25) is 14.4 Å². The highest BCUT2D eigenvalue weighted by Gasteiger charge is 2.26. The highest BCUT2D eigenvalue weighted by Crippen LogP contribution is 2.16. The fraction of sp³-hybridized carbons (Fsp3) is 0.296. The first-order chi connectivity index (χ1) is 17.0. The van der Waals surface area contributed by atoms with Crippen molar-refractivity contribution in [2.24, 2.45) is 0 Å². The van der Waals surface area contributed by atoms with E-state index in [0.717, 1.165) is 17.5 Å². The van der Waals surface area contributed by atoms with Crippen molar-refractivity contribution < 1.29 is 14.4 Å². The lowest BCUT2D eigenvalue weighted by molar-refractivity contribution is -0.132. The molecular weight excluding hydrogens is 442 g/mol. The zero-order valence-corrected chi connectivity index (χ0v) is 19.7. The number of piperidine rings is 1. The maximum Gasteiger partial charge on any atom is 0.273 e. The van der Waals surface area contributed by atoms with Gasteiger partial charge in [-0.1, -0.05) is 48.5 Å². The largest absolute Gasteiger partial charge is 0.348 e. The van der Waals surface area contributed by atoms with Crippen LogP contribution in [0.4, 0.5) is 5.82 Å². The molecule has 0 spiro atoms. The quantitative estimate of drug-likeness (QED) is 0.550. The lowest BCUT2D eigenvalue weighted by atomic mass is 10.0. The number of amides is 3. The van der Waals surface area contributed by atoms with E-state index in [1.54, 1.807) is 12.1 Å². The van der Waals surface area contributed by atoms with E-state index >= 15 is 0 Å². The molecule has 0 bridgehead atoms. The summed E-state index contributed by atoms with van der Waals surface area (Å²) in [7, 11) is 0. The number of aryl methyl sites for hydroxylation is 2. The van der Waals surface area contributed by atoms with Crippen LogP contribution in [0.2, 0.25) is 0 Å². The molecule has 8 nitrogen and oxygen atoms in total. The van der Waals surface area contributed by atoms with Gasteiger partial charge in [0.1, 0.15) is 0 Å². The van der Waals surface area contributed by atoms with Crippen molar-refractivity contribution in [2.75, 3.05) is 18.4 Å². The van der Waals surface area contributed by atoms with Crippen molar-refractivity contribution in [3.05, 3.63) is 89.4 Å². The molecule has 1 fully saturated rings. The van der Waals surface area contributed by atoms with E-state index in [1.165, 1.54) is 12.4 Å². The van der Waals surface area contributed by atoms with Crippen LogP contribution in [0, 0.1) is 6.92 Å². The minimum atomic E-state index is -0.396. The average Bonchev–Trinajstić information content (AvgIpc) is 2.89. The highest BCUT2D eigenvalue weighted by molar-refractivity contribution is 6.08. The number of carbonyl (C=O) groups excluding carboxylic acids is 3. The molecule has 2 aromatic carbocycles. The summed E-state index contributed by atoms with van der Waals surface area (Å²) in [4.78, 5) is 48.4. The molecule has 1 aliphatic heterocycles. The molecule has 8 heteroatoms. The Morgan fingerprint density at radius 1 is 0.914 bits per heavy atom. The minimum absolute atomic E-state index is 0.0656. The zero-order valence-electron chi connectivity index (χ0n) is 19.7. The normalized spacial score (nSPS) is 13.8. The van der Waals surface area contributed by atoms with Gasteiger partial charge in [0.25, 0.3) is 11.8 Å². The van der Waals surface area contributed by atoms with Crippen LogP contribution in [0.25, 0.3) is 0 Å². The molecule has 4 rings (SSSR count). The van der Waals surface area contributed by atoms with Crippen LogP contribution < -0.4 is 10.6 Å². The molecule has 0 radical (unpaired) electrons. The third kappa shape index (κ3) is 6.29. The molecule has 3 aromatic rings. The number of anilines is 1. The Balaban J connectivity index is 1.30. The molecule has 0 aliphatic carbocycles. The summed E-state index contributed by atoms with van der Waals surface area (Å²) in [6, 6.07) is 17.1. The Bertz CT molecular complexity index is 1190. The molecule has 180 valence electrons. The maximum atomic E-state index is 12.9. The van der Waals surface area contributed by atoms with Gasteiger partial charge in [0.2, 0.25) is 5.91 Å². The molecule has 1 aromatic heterocycles. The van der Waals surface area contributed by atoms with E-state index < -0.39 is 5.91 Å². The van der Waals surface area contributed by atoms with Gasteiger partial charge in [-0.2, -0.15) is 0 Å². The van der Waals surface area contributed by atoms with Gasteiger partial charge in [0, 0.05) is 43.5 Å². The smallest absolute Gasteiger partial charge is 0.273 e. The summed E-state index contributed by atoms with van der Waals surface area (Å²) >= 11 is 0. The number of hydrogen-bond donors (Lipinski definition) is 2. The Morgan fingerprint density at radius 2 is 1.60 bits per heavy atom. The summed E-state index contributed by atoms with van der Waals surface area (Å²) in [5.74, 6) is -0.493. The summed E-state index contributed by atoms with van der Waals surface area (Å²) in [5, 5.41) is 5.70. The molecule has 3 amide bonds. The van der Waals surface area contributed by atoms with Crippen LogP contribution in [0.15, 0.2) is 67.0 Å². The average molecular weight is 472 g/mol. The molecule has 0 unspecified atom stereocenters. The van der Waals surface area contributed by atoms with Gasteiger partial charge in [0.15, 0.2) is 11.5 Å². The molecule has 1 aliphatic rings. The molecule has 35 heavy (non-hydrogen) atoms. The number of aromatic nitrogens is 2. The highest BCUT2D eigenvalue weighted by atomic mass is 16.2. The van der Waals surface area contributed by atoms with Crippen molar-refractivity contribution in [3.8, 4) is 0 Å². The van der Waals surface area contributed by atoms with Gasteiger partial charge < -0.3 is 15.5 Å². The zero-order chi connectivity index (χ0) is 24.6. The second-order valence-corrected chi connectivity index (χ2v) is 8.64. The lowest BCUT2D eigenvalue weighted by Crippen LogP contribution is -2.46. The lowest BCUT2D eigenvalue weighted by Gasteiger charge is -2.32. The van der Waals surface area contributed by atoms with Gasteiger partial charge in [-0.25, -0.2) is 9.97 Å². The van der Waals surface area contributed by atoms with Crippen molar-refractivity contribution >= 4 is 23.5 Å². The predicted molar refractivity (Wildman–Crippen MR) is 133 cm³/mol. The van der Waals surface area contributed by atoms with Crippen molar-refractivity contribution in [3.63, 3.8) is 0 Å². The van der Waals surface area contributed by atoms with Crippen LogP contribution in [-0.2, 0) is 11.2 Å². The number of likely N-dealkylation sites (tertiary alicyclic amines) is 1. The van der Waals surface area contributed by atoms with E-state index in [1.807, 2.05) is 54.3 Å². The van der Waals surface area contributed by atoms with Crippen LogP contribution in [0.5, 0.6) is 0 Å². The SMILES string of the molecule is Cc1ccccc1C(=O)Nc1nccnc1C(=O)NC1CCN(C(=O)CCc2ccccc2)CC1. The number of benzene rings is 2. The number of hydrogen-bond acceptors (Lipinski definition) is 5. The van der Waals surface area contributed by atoms with Gasteiger partial charge in [0.05, 0.1) is 0 Å². The first-order valence-electron chi connectivity index (χ1n) is 11.8. The number of nitrogens with one attached hydrogen (secondary N) is 2. The first kappa shape index (κ1) is 24.1. The number of nitrogens with zero attached hydrogens (tertiary/aromatic N) is 3. The van der Waals surface area contributed by atoms with Gasteiger partial charge in [-0.05, 0) is 43.4 Å². The monoisotopic (exact) mass is 471 g/mol. The van der Waals surface area contributed by atoms with E-state index in [2.05, 4.69) is 20.6 Å². The molecule has 2 N–H and O–H groups in total. The molecular formula is C27H29N5O3. The molecule has 2 heterocycles.